The molecule has 1 aliphatic heterocycles. The van der Waals surface area contributed by atoms with E-state index in [1.54, 1.807) is 33.1 Å². The van der Waals surface area contributed by atoms with E-state index >= 15 is 0 Å². The highest BCUT2D eigenvalue weighted by Crippen LogP contribution is 2.29. The molecule has 0 atom stereocenters. The second kappa shape index (κ2) is 10.8. The van der Waals surface area contributed by atoms with Gasteiger partial charge in [-0.25, -0.2) is 12.7 Å². The maximum atomic E-state index is 13.1. The molecule has 2 aromatic carbocycles. The van der Waals surface area contributed by atoms with Crippen molar-refractivity contribution in [2.75, 3.05) is 40.8 Å². The van der Waals surface area contributed by atoms with Gasteiger partial charge in [-0.3, -0.25) is 4.79 Å². The van der Waals surface area contributed by atoms with Gasteiger partial charge in [0.25, 0.3) is 0 Å². The first kappa shape index (κ1) is 25.4. The molecule has 0 spiro atoms. The first-order valence-electron chi connectivity index (χ1n) is 11.5. The van der Waals surface area contributed by atoms with Crippen LogP contribution < -0.4 is 4.74 Å². The number of carbonyl (C=O) groups excluding carboxylic acids is 1. The number of hydrogen-bond donors (Lipinski definition) is 0. The van der Waals surface area contributed by atoms with E-state index in [-0.39, 0.29) is 23.6 Å². The molecule has 6 nitrogen and oxygen atoms in total. The van der Waals surface area contributed by atoms with E-state index in [4.69, 9.17) is 4.74 Å². The minimum Gasteiger partial charge on any atom is -0.497 e. The van der Waals surface area contributed by atoms with Crippen molar-refractivity contribution in [2.24, 2.45) is 0 Å². The molecule has 0 amide bonds. The Hall–Kier alpha value is -2.22. The molecular formula is C26H36N2O4S. The van der Waals surface area contributed by atoms with Gasteiger partial charge >= 0.3 is 0 Å². The highest BCUT2D eigenvalue weighted by molar-refractivity contribution is 7.89. The Kier molecular flexibility index (Phi) is 8.32. The number of benzene rings is 2. The Bertz CT molecular complexity index is 1050. The monoisotopic (exact) mass is 472 g/mol. The molecule has 1 aliphatic rings. The van der Waals surface area contributed by atoms with Crippen LogP contribution in [0.1, 0.15) is 47.4 Å². The van der Waals surface area contributed by atoms with E-state index in [9.17, 15) is 13.2 Å². The number of ether oxygens (including phenoxy) is 1. The summed E-state index contributed by atoms with van der Waals surface area (Å²) >= 11 is 0. The lowest BCUT2D eigenvalue weighted by molar-refractivity contribution is -0.118. The van der Waals surface area contributed by atoms with Crippen molar-refractivity contribution in [2.45, 2.75) is 50.3 Å². The molecule has 1 fully saturated rings. The van der Waals surface area contributed by atoms with Crippen LogP contribution in [0.5, 0.6) is 5.75 Å². The van der Waals surface area contributed by atoms with E-state index in [1.807, 2.05) is 12.1 Å². The van der Waals surface area contributed by atoms with Crippen LogP contribution in [0, 0.1) is 13.8 Å². The standard InChI is InChI=1S/C26H36N2O4S/c1-19-16-25(32-5)17-20(2)26(19)33(30,31)28(4)15-12-24(29)18-21-6-8-22(9-7-21)23-10-13-27(3)14-11-23/h6-9,16-17,23H,10-15,18H2,1-5H3. The number of ketones is 1. The number of piperidine rings is 1. The minimum absolute atomic E-state index is 0.0345. The summed E-state index contributed by atoms with van der Waals surface area (Å²) in [4.78, 5) is 15.2. The van der Waals surface area contributed by atoms with Crippen LogP contribution >= 0.6 is 0 Å². The lowest BCUT2D eigenvalue weighted by atomic mass is 9.89. The van der Waals surface area contributed by atoms with E-state index in [0.717, 1.165) is 18.7 Å². The number of carbonyl (C=O) groups is 1. The lowest BCUT2D eigenvalue weighted by Crippen LogP contribution is -2.30. The third-order valence-corrected chi connectivity index (χ3v) is 8.78. The Balaban J connectivity index is 1.57. The summed E-state index contributed by atoms with van der Waals surface area (Å²) in [6, 6.07) is 11.8. The topological polar surface area (TPSA) is 66.9 Å². The summed E-state index contributed by atoms with van der Waals surface area (Å²) < 4.78 is 32.8. The van der Waals surface area contributed by atoms with Gasteiger partial charge in [-0.2, -0.15) is 0 Å². The summed E-state index contributed by atoms with van der Waals surface area (Å²) in [6.45, 7) is 5.92. The number of Topliss-reactive ketones (excluding diaryl/α,β-unsaturated/α-hetero) is 1. The van der Waals surface area contributed by atoms with Gasteiger partial charge in [0.2, 0.25) is 10.0 Å². The number of sulfonamides is 1. The third kappa shape index (κ3) is 6.22. The highest BCUT2D eigenvalue weighted by atomic mass is 32.2. The first-order valence-corrected chi connectivity index (χ1v) is 13.0. The van der Waals surface area contributed by atoms with Crippen molar-refractivity contribution >= 4 is 15.8 Å². The number of aryl methyl sites for hydroxylation is 2. The van der Waals surface area contributed by atoms with Crippen LogP contribution in [0.15, 0.2) is 41.3 Å². The average molecular weight is 473 g/mol. The number of nitrogens with zero attached hydrogens (tertiary/aromatic N) is 2. The zero-order chi connectivity index (χ0) is 24.2. The molecule has 0 bridgehead atoms. The molecule has 2 aromatic rings. The first-order chi connectivity index (χ1) is 15.6. The lowest BCUT2D eigenvalue weighted by Gasteiger charge is -2.29. The van der Waals surface area contributed by atoms with Crippen LogP contribution in [0.4, 0.5) is 0 Å². The molecule has 0 aromatic heterocycles. The molecule has 0 N–H and O–H groups in total. The number of likely N-dealkylation sites (tertiary alicyclic amines) is 1. The van der Waals surface area contributed by atoms with E-state index < -0.39 is 10.0 Å². The quantitative estimate of drug-likeness (QED) is 0.553. The van der Waals surface area contributed by atoms with Crippen molar-refractivity contribution in [1.29, 1.82) is 0 Å². The Morgan fingerprint density at radius 3 is 2.21 bits per heavy atom. The van der Waals surface area contributed by atoms with Crippen LogP contribution in [0.3, 0.4) is 0 Å². The fourth-order valence-corrected chi connectivity index (χ4v) is 6.13. The maximum absolute atomic E-state index is 13.1. The second-order valence-corrected chi connectivity index (χ2v) is 11.2. The molecule has 0 unspecified atom stereocenters. The number of hydrogen-bond acceptors (Lipinski definition) is 5. The highest BCUT2D eigenvalue weighted by Gasteiger charge is 2.26. The van der Waals surface area contributed by atoms with Crippen molar-refractivity contribution in [3.05, 3.63) is 58.7 Å². The van der Waals surface area contributed by atoms with Crippen molar-refractivity contribution in [1.82, 2.24) is 9.21 Å². The zero-order valence-corrected chi connectivity index (χ0v) is 21.2. The molecule has 0 saturated carbocycles. The van der Waals surface area contributed by atoms with Crippen LogP contribution in [-0.2, 0) is 21.2 Å². The second-order valence-electron chi connectivity index (χ2n) is 9.20. The van der Waals surface area contributed by atoms with Crippen LogP contribution in [-0.4, -0.2) is 64.2 Å². The van der Waals surface area contributed by atoms with Crippen molar-refractivity contribution < 1.29 is 17.9 Å². The van der Waals surface area contributed by atoms with Gasteiger partial charge < -0.3 is 9.64 Å². The zero-order valence-electron chi connectivity index (χ0n) is 20.4. The summed E-state index contributed by atoms with van der Waals surface area (Å²) in [5.41, 5.74) is 3.59. The van der Waals surface area contributed by atoms with Gasteiger partial charge in [0.05, 0.1) is 12.0 Å². The van der Waals surface area contributed by atoms with Gasteiger partial charge in [-0.1, -0.05) is 24.3 Å². The number of rotatable bonds is 9. The van der Waals surface area contributed by atoms with Crippen LogP contribution in [0.2, 0.25) is 0 Å². The molecule has 180 valence electrons. The fraction of sp³-hybridized carbons (Fsp3) is 0.500. The van der Waals surface area contributed by atoms with Crippen molar-refractivity contribution in [3.63, 3.8) is 0 Å². The predicted molar refractivity (Wildman–Crippen MR) is 132 cm³/mol. The predicted octanol–water partition coefficient (Wildman–Crippen LogP) is 3.94. The molecule has 3 rings (SSSR count). The molecule has 1 saturated heterocycles. The minimum atomic E-state index is -3.69. The van der Waals surface area contributed by atoms with Gasteiger partial charge in [0, 0.05) is 26.4 Å². The average Bonchev–Trinajstić information content (AvgIpc) is 2.77. The molecular weight excluding hydrogens is 436 g/mol. The summed E-state index contributed by atoms with van der Waals surface area (Å²) in [5.74, 6) is 1.26. The number of methoxy groups -OCH3 is 1. The van der Waals surface area contributed by atoms with E-state index in [1.165, 1.54) is 29.8 Å². The van der Waals surface area contributed by atoms with Crippen molar-refractivity contribution in [3.8, 4) is 5.75 Å². The van der Waals surface area contributed by atoms with Gasteiger partial charge in [-0.15, -0.1) is 0 Å². The smallest absolute Gasteiger partial charge is 0.243 e. The molecule has 0 radical (unpaired) electrons. The molecule has 0 aliphatic carbocycles. The van der Waals surface area contributed by atoms with E-state index in [0.29, 0.717) is 29.2 Å². The van der Waals surface area contributed by atoms with Gasteiger partial charge in [0.15, 0.2) is 0 Å². The third-order valence-electron chi connectivity index (χ3n) is 6.61. The summed E-state index contributed by atoms with van der Waals surface area (Å²) in [5, 5.41) is 0. The molecule has 1 heterocycles. The van der Waals surface area contributed by atoms with Gasteiger partial charge in [0.1, 0.15) is 11.5 Å². The normalized spacial score (nSPS) is 15.7. The molecule has 33 heavy (non-hydrogen) atoms. The van der Waals surface area contributed by atoms with Gasteiger partial charge in [-0.05, 0) is 87.1 Å². The van der Waals surface area contributed by atoms with Crippen LogP contribution in [0.25, 0.3) is 0 Å². The molecule has 7 heteroatoms. The largest absolute Gasteiger partial charge is 0.497 e. The fourth-order valence-electron chi connectivity index (χ4n) is 4.56. The SMILES string of the molecule is COc1cc(C)c(S(=O)(=O)N(C)CCC(=O)Cc2ccc(C3CCN(C)CC3)cc2)c(C)c1. The maximum Gasteiger partial charge on any atom is 0.243 e. The summed E-state index contributed by atoms with van der Waals surface area (Å²) in [7, 11) is 1.55. The Labute approximate surface area is 198 Å². The van der Waals surface area contributed by atoms with E-state index in [2.05, 4.69) is 24.1 Å². The Morgan fingerprint density at radius 1 is 1.09 bits per heavy atom. The Morgan fingerprint density at radius 2 is 1.67 bits per heavy atom. The summed E-state index contributed by atoms with van der Waals surface area (Å²) in [6.07, 6.45) is 2.84.